The Bertz CT molecular complexity index is 1670. The maximum absolute atomic E-state index is 12.8. The Morgan fingerprint density at radius 3 is 2.34 bits per heavy atom. The number of rotatable bonds is 13. The van der Waals surface area contributed by atoms with Gasteiger partial charge in [-0.15, -0.1) is 0 Å². The van der Waals surface area contributed by atoms with Crippen LogP contribution in [0, 0.1) is 20.8 Å². The molecule has 4 aromatic rings. The number of benzene rings is 3. The van der Waals surface area contributed by atoms with E-state index in [-0.39, 0.29) is 25.1 Å². The van der Waals surface area contributed by atoms with Crippen molar-refractivity contribution >= 4 is 11.7 Å². The number of aromatic nitrogens is 1. The van der Waals surface area contributed by atoms with Crippen molar-refractivity contribution in [3.63, 3.8) is 0 Å². The van der Waals surface area contributed by atoms with Gasteiger partial charge in [0.05, 0.1) is 19.2 Å². The largest absolute Gasteiger partial charge is 0.497 e. The Morgan fingerprint density at radius 1 is 0.936 bits per heavy atom. The van der Waals surface area contributed by atoms with Gasteiger partial charge in [-0.05, 0) is 88.1 Å². The Kier molecular flexibility index (Phi) is 11.1. The minimum absolute atomic E-state index is 0.0326. The van der Waals surface area contributed by atoms with Gasteiger partial charge in [0, 0.05) is 11.6 Å². The molecule has 1 aliphatic rings. The third-order valence-electron chi connectivity index (χ3n) is 7.95. The SMILES string of the molecule is COc1ccc(O[C@H]2C=C[C@@H](c3ccccc3)O[C@@H]2COC(=O)CC/C(C)=N/O[C@@H](C)c2cc(-c3c(C)cc(C)cc3C)no2)cc1. The van der Waals surface area contributed by atoms with Crippen LogP contribution >= 0.6 is 0 Å². The topological polar surface area (TPSA) is 102 Å². The maximum Gasteiger partial charge on any atom is 0.306 e. The van der Waals surface area contributed by atoms with E-state index >= 15 is 0 Å². The summed E-state index contributed by atoms with van der Waals surface area (Å²) >= 11 is 0. The second-order valence-electron chi connectivity index (χ2n) is 11.8. The molecule has 0 amide bonds. The first-order chi connectivity index (χ1) is 22.7. The number of nitrogens with zero attached hydrogens (tertiary/aromatic N) is 2. The molecule has 246 valence electrons. The van der Waals surface area contributed by atoms with Gasteiger partial charge in [-0.1, -0.05) is 64.4 Å². The van der Waals surface area contributed by atoms with Crippen LogP contribution in [0.3, 0.4) is 0 Å². The van der Waals surface area contributed by atoms with E-state index < -0.39 is 18.3 Å². The Hall–Kier alpha value is -4.89. The summed E-state index contributed by atoms with van der Waals surface area (Å²) in [7, 11) is 1.62. The lowest BCUT2D eigenvalue weighted by Gasteiger charge is -2.32. The molecule has 0 fully saturated rings. The Morgan fingerprint density at radius 2 is 1.64 bits per heavy atom. The highest BCUT2D eigenvalue weighted by molar-refractivity contribution is 5.85. The van der Waals surface area contributed by atoms with Crippen LogP contribution in [0.15, 0.2) is 94.6 Å². The highest BCUT2D eigenvalue weighted by Gasteiger charge is 2.31. The van der Waals surface area contributed by atoms with Crippen molar-refractivity contribution in [2.75, 3.05) is 13.7 Å². The molecule has 0 unspecified atom stereocenters. The van der Waals surface area contributed by atoms with E-state index in [4.69, 9.17) is 28.3 Å². The highest BCUT2D eigenvalue weighted by atomic mass is 16.6. The summed E-state index contributed by atoms with van der Waals surface area (Å²) in [5.41, 5.74) is 6.96. The molecule has 5 rings (SSSR count). The minimum atomic E-state index is -0.519. The average molecular weight is 639 g/mol. The number of hydrogen-bond acceptors (Lipinski definition) is 9. The molecule has 0 N–H and O–H groups in total. The molecule has 0 bridgehead atoms. The molecule has 0 spiro atoms. The molecule has 4 atom stereocenters. The molecule has 0 saturated carbocycles. The standard InChI is InChI=1S/C38H42N2O7/c1-24-20-25(2)38(26(3)21-24)32-22-35(47-40-32)28(5)46-39-27(4)12-19-37(41)43-23-36-34(44-31-15-13-30(42-6)14-16-31)18-17-33(45-36)29-10-8-7-9-11-29/h7-11,13-18,20-22,28,33-34,36H,12,19,23H2,1-6H3/b39-27+/t28-,33-,34-,36+/m0/s1. The van der Waals surface area contributed by atoms with Gasteiger partial charge < -0.3 is 28.3 Å². The van der Waals surface area contributed by atoms with Crippen LogP contribution in [0.1, 0.15) is 66.9 Å². The second kappa shape index (κ2) is 15.6. The van der Waals surface area contributed by atoms with Gasteiger partial charge in [-0.2, -0.15) is 0 Å². The molecule has 0 aliphatic carbocycles. The van der Waals surface area contributed by atoms with Crippen LogP contribution in [-0.2, 0) is 19.1 Å². The summed E-state index contributed by atoms with van der Waals surface area (Å²) < 4.78 is 29.1. The molecule has 0 radical (unpaired) electrons. The summed E-state index contributed by atoms with van der Waals surface area (Å²) in [6.45, 7) is 9.90. The fraction of sp³-hybridized carbons (Fsp3) is 0.342. The van der Waals surface area contributed by atoms with E-state index in [1.807, 2.05) is 86.7 Å². The van der Waals surface area contributed by atoms with E-state index in [1.54, 1.807) is 7.11 Å². The lowest BCUT2D eigenvalue weighted by molar-refractivity contribution is -0.152. The third kappa shape index (κ3) is 8.89. The van der Waals surface area contributed by atoms with E-state index in [1.165, 1.54) is 5.56 Å². The number of hydrogen-bond donors (Lipinski definition) is 0. The predicted octanol–water partition coefficient (Wildman–Crippen LogP) is 8.20. The van der Waals surface area contributed by atoms with Gasteiger partial charge >= 0.3 is 5.97 Å². The van der Waals surface area contributed by atoms with Gasteiger partial charge in [0.1, 0.15) is 42.1 Å². The van der Waals surface area contributed by atoms with E-state index in [9.17, 15) is 4.79 Å². The number of ether oxygens (including phenoxy) is 4. The number of esters is 1. The summed E-state index contributed by atoms with van der Waals surface area (Å²) in [4.78, 5) is 18.5. The number of oxime groups is 1. The number of methoxy groups -OCH3 is 1. The summed E-state index contributed by atoms with van der Waals surface area (Å²) in [6.07, 6.45) is 2.72. The van der Waals surface area contributed by atoms with Crippen molar-refractivity contribution in [3.8, 4) is 22.8 Å². The van der Waals surface area contributed by atoms with Gasteiger partial charge in [-0.25, -0.2) is 0 Å². The van der Waals surface area contributed by atoms with Crippen molar-refractivity contribution in [2.24, 2.45) is 5.16 Å². The molecular formula is C38H42N2O7. The summed E-state index contributed by atoms with van der Waals surface area (Å²) in [6, 6.07) is 23.3. The predicted molar refractivity (Wildman–Crippen MR) is 180 cm³/mol. The van der Waals surface area contributed by atoms with Crippen LogP contribution < -0.4 is 9.47 Å². The zero-order valence-electron chi connectivity index (χ0n) is 27.8. The van der Waals surface area contributed by atoms with Crippen LogP contribution in [0.4, 0.5) is 0 Å². The highest BCUT2D eigenvalue weighted by Crippen LogP contribution is 2.31. The van der Waals surface area contributed by atoms with Crippen molar-refractivity contribution in [1.29, 1.82) is 0 Å². The van der Waals surface area contributed by atoms with Crippen LogP contribution in [0.25, 0.3) is 11.3 Å². The summed E-state index contributed by atoms with van der Waals surface area (Å²) in [5, 5.41) is 8.49. The van der Waals surface area contributed by atoms with Gasteiger partial charge in [0.25, 0.3) is 0 Å². The number of carbonyl (C=O) groups is 1. The van der Waals surface area contributed by atoms with E-state index in [0.29, 0.717) is 23.6 Å². The maximum atomic E-state index is 12.8. The van der Waals surface area contributed by atoms with Crippen molar-refractivity contribution in [3.05, 3.63) is 113 Å². The van der Waals surface area contributed by atoms with Crippen LogP contribution in [0.5, 0.6) is 11.5 Å². The fourth-order valence-corrected chi connectivity index (χ4v) is 5.52. The number of aryl methyl sites for hydroxylation is 3. The Balaban J connectivity index is 1.14. The quantitative estimate of drug-likeness (QED) is 0.0625. The molecule has 3 aromatic carbocycles. The van der Waals surface area contributed by atoms with Crippen molar-refractivity contribution in [1.82, 2.24) is 5.16 Å². The molecule has 47 heavy (non-hydrogen) atoms. The third-order valence-corrected chi connectivity index (χ3v) is 7.95. The second-order valence-corrected chi connectivity index (χ2v) is 11.8. The van der Waals surface area contributed by atoms with Gasteiger partial charge in [-0.3, -0.25) is 4.79 Å². The Labute approximate surface area is 276 Å². The molecule has 2 heterocycles. The first kappa shape index (κ1) is 33.5. The van der Waals surface area contributed by atoms with E-state index in [0.717, 1.165) is 33.7 Å². The molecule has 1 aromatic heterocycles. The minimum Gasteiger partial charge on any atom is -0.497 e. The zero-order chi connectivity index (χ0) is 33.3. The van der Waals surface area contributed by atoms with Crippen molar-refractivity contribution < 1.29 is 33.1 Å². The zero-order valence-corrected chi connectivity index (χ0v) is 27.8. The molecule has 1 aliphatic heterocycles. The van der Waals surface area contributed by atoms with Crippen LogP contribution in [-0.4, -0.2) is 42.8 Å². The average Bonchev–Trinajstić information content (AvgIpc) is 3.56. The van der Waals surface area contributed by atoms with Gasteiger partial charge in [0.15, 0.2) is 11.9 Å². The molecule has 9 nitrogen and oxygen atoms in total. The number of carbonyl (C=O) groups excluding carboxylic acids is 1. The monoisotopic (exact) mass is 638 g/mol. The normalized spacial score (nSPS) is 18.4. The van der Waals surface area contributed by atoms with Crippen molar-refractivity contribution in [2.45, 2.75) is 71.9 Å². The first-order valence-electron chi connectivity index (χ1n) is 15.8. The first-order valence-corrected chi connectivity index (χ1v) is 15.8. The summed E-state index contributed by atoms with van der Waals surface area (Å²) in [5.74, 6) is 1.59. The van der Waals surface area contributed by atoms with Gasteiger partial charge in [0.2, 0.25) is 0 Å². The lowest BCUT2D eigenvalue weighted by Crippen LogP contribution is -2.40. The smallest absolute Gasteiger partial charge is 0.306 e. The molecule has 0 saturated heterocycles. The fourth-order valence-electron chi connectivity index (χ4n) is 5.52. The molecular weight excluding hydrogens is 596 g/mol. The molecule has 9 heteroatoms. The van der Waals surface area contributed by atoms with Crippen LogP contribution in [0.2, 0.25) is 0 Å². The lowest BCUT2D eigenvalue weighted by atomic mass is 9.97. The van der Waals surface area contributed by atoms with E-state index in [2.05, 4.69) is 43.2 Å².